The third kappa shape index (κ3) is 4.00. The van der Waals surface area contributed by atoms with Crippen molar-refractivity contribution in [3.05, 3.63) is 76.0 Å². The second-order valence-electron chi connectivity index (χ2n) is 5.27. The van der Waals surface area contributed by atoms with Crippen LogP contribution in [0.4, 0.5) is 0 Å². The minimum Gasteiger partial charge on any atom is -0.452 e. The molecule has 1 aromatic heterocycles. The number of hydrogen-bond acceptors (Lipinski definition) is 5. The van der Waals surface area contributed by atoms with Gasteiger partial charge in [0.2, 0.25) is 0 Å². The first-order valence-electron chi connectivity index (χ1n) is 7.50. The number of halogens is 1. The van der Waals surface area contributed by atoms with Crippen LogP contribution in [-0.4, -0.2) is 33.4 Å². The molecule has 0 spiro atoms. The number of Topliss-reactive ketones (excluding diaryl/α,β-unsaturated/α-hetero) is 1. The Balaban J connectivity index is 1.68. The van der Waals surface area contributed by atoms with E-state index < -0.39 is 5.97 Å². The molecule has 0 aliphatic rings. The Morgan fingerprint density at radius 3 is 2.40 bits per heavy atom. The van der Waals surface area contributed by atoms with Crippen molar-refractivity contribution in [1.82, 2.24) is 15.0 Å². The number of hydrogen-bond donors (Lipinski definition) is 0. The highest BCUT2D eigenvalue weighted by molar-refractivity contribution is 9.10. The second-order valence-corrected chi connectivity index (χ2v) is 6.18. The number of carbonyl (C=O) groups is 2. The van der Waals surface area contributed by atoms with Crippen molar-refractivity contribution >= 4 is 27.7 Å². The molecule has 7 heteroatoms. The molecule has 3 aromatic rings. The molecule has 0 bridgehead atoms. The number of ketones is 1. The summed E-state index contributed by atoms with van der Waals surface area (Å²) in [5, 5.41) is 8.37. The normalized spacial score (nSPS) is 10.5. The van der Waals surface area contributed by atoms with Crippen molar-refractivity contribution < 1.29 is 14.3 Å². The zero-order valence-corrected chi connectivity index (χ0v) is 14.9. The van der Waals surface area contributed by atoms with E-state index in [1.165, 1.54) is 4.80 Å². The van der Waals surface area contributed by atoms with Crippen LogP contribution in [0.3, 0.4) is 0 Å². The topological polar surface area (TPSA) is 74.1 Å². The number of ether oxygens (including phenoxy) is 1. The highest BCUT2D eigenvalue weighted by Gasteiger charge is 2.19. The molecule has 6 nitrogen and oxygen atoms in total. The van der Waals surface area contributed by atoms with Gasteiger partial charge in [0.05, 0.1) is 11.4 Å². The van der Waals surface area contributed by atoms with Gasteiger partial charge in [0, 0.05) is 10.0 Å². The minimum absolute atomic E-state index is 0.0902. The number of aromatic nitrogens is 3. The van der Waals surface area contributed by atoms with E-state index in [0.29, 0.717) is 11.3 Å². The van der Waals surface area contributed by atoms with Crippen LogP contribution in [0.5, 0.6) is 0 Å². The molecule has 2 aromatic carbocycles. The van der Waals surface area contributed by atoms with Gasteiger partial charge in [-0.2, -0.15) is 9.90 Å². The van der Waals surface area contributed by atoms with E-state index in [9.17, 15) is 9.59 Å². The average Bonchev–Trinajstić information content (AvgIpc) is 3.02. The summed E-state index contributed by atoms with van der Waals surface area (Å²) in [6.07, 6.45) is 0. The lowest BCUT2D eigenvalue weighted by molar-refractivity contribution is 0.0467. The van der Waals surface area contributed by atoms with Crippen LogP contribution >= 0.6 is 15.9 Å². The molecular formula is C18H14BrN3O3. The summed E-state index contributed by atoms with van der Waals surface area (Å²) in [7, 11) is 0. The van der Waals surface area contributed by atoms with Crippen molar-refractivity contribution in [1.29, 1.82) is 0 Å². The Bertz CT molecular complexity index is 905. The molecule has 0 saturated carbocycles. The summed E-state index contributed by atoms with van der Waals surface area (Å²) in [5.41, 5.74) is 1.73. The van der Waals surface area contributed by atoms with Crippen molar-refractivity contribution in [2.24, 2.45) is 0 Å². The Kier molecular flexibility index (Phi) is 5.04. The van der Waals surface area contributed by atoms with Gasteiger partial charge in [-0.1, -0.05) is 46.3 Å². The number of carbonyl (C=O) groups excluding carboxylic acids is 2. The SMILES string of the molecule is Cc1nn(-c2ccccc2)nc1C(=O)OCC(=O)c1ccc(Br)cc1. The van der Waals surface area contributed by atoms with E-state index in [4.69, 9.17) is 4.74 Å². The van der Waals surface area contributed by atoms with Gasteiger partial charge in [0.15, 0.2) is 18.1 Å². The number of nitrogens with zero attached hydrogens (tertiary/aromatic N) is 3. The lowest BCUT2D eigenvalue weighted by Gasteiger charge is -2.03. The summed E-state index contributed by atoms with van der Waals surface area (Å²) in [6.45, 7) is 1.32. The standard InChI is InChI=1S/C18H14BrN3O3/c1-12-17(21-22(20-12)15-5-3-2-4-6-15)18(24)25-11-16(23)13-7-9-14(19)10-8-13/h2-10H,11H2,1H3. The van der Waals surface area contributed by atoms with Crippen LogP contribution in [0.1, 0.15) is 26.5 Å². The van der Waals surface area contributed by atoms with E-state index in [1.807, 2.05) is 30.3 Å². The lowest BCUT2D eigenvalue weighted by Crippen LogP contribution is -2.15. The summed E-state index contributed by atoms with van der Waals surface area (Å²) >= 11 is 3.30. The van der Waals surface area contributed by atoms with Gasteiger partial charge in [0.1, 0.15) is 0 Å². The third-order valence-electron chi connectivity index (χ3n) is 3.46. The van der Waals surface area contributed by atoms with Crippen LogP contribution < -0.4 is 0 Å². The maximum absolute atomic E-state index is 12.2. The van der Waals surface area contributed by atoms with Gasteiger partial charge in [0.25, 0.3) is 0 Å². The number of rotatable bonds is 5. The van der Waals surface area contributed by atoms with Crippen LogP contribution in [0.15, 0.2) is 59.1 Å². The average molecular weight is 400 g/mol. The summed E-state index contributed by atoms with van der Waals surface area (Å²) in [5.74, 6) is -0.959. The molecule has 0 unspecified atom stereocenters. The van der Waals surface area contributed by atoms with E-state index >= 15 is 0 Å². The fourth-order valence-electron chi connectivity index (χ4n) is 2.16. The van der Waals surface area contributed by atoms with Gasteiger partial charge in [-0.3, -0.25) is 4.79 Å². The van der Waals surface area contributed by atoms with E-state index in [0.717, 1.165) is 10.2 Å². The maximum atomic E-state index is 12.2. The molecule has 0 N–H and O–H groups in total. The number of para-hydroxylation sites is 1. The monoisotopic (exact) mass is 399 g/mol. The molecular weight excluding hydrogens is 386 g/mol. The Labute approximate surface area is 152 Å². The van der Waals surface area contributed by atoms with Crippen LogP contribution in [0, 0.1) is 6.92 Å². The smallest absolute Gasteiger partial charge is 0.361 e. The van der Waals surface area contributed by atoms with E-state index in [2.05, 4.69) is 26.1 Å². The molecule has 0 saturated heterocycles. The summed E-state index contributed by atoms with van der Waals surface area (Å²) < 4.78 is 5.96. The number of esters is 1. The van der Waals surface area contributed by atoms with Crippen LogP contribution in [-0.2, 0) is 4.74 Å². The highest BCUT2D eigenvalue weighted by Crippen LogP contribution is 2.12. The molecule has 25 heavy (non-hydrogen) atoms. The fourth-order valence-corrected chi connectivity index (χ4v) is 2.43. The van der Waals surface area contributed by atoms with Crippen LogP contribution in [0.25, 0.3) is 5.69 Å². The first-order valence-corrected chi connectivity index (χ1v) is 8.29. The largest absolute Gasteiger partial charge is 0.452 e. The van der Waals surface area contributed by atoms with Crippen LogP contribution in [0.2, 0.25) is 0 Å². The number of aryl methyl sites for hydroxylation is 1. The summed E-state index contributed by atoms with van der Waals surface area (Å²) in [4.78, 5) is 25.6. The molecule has 0 fully saturated rings. The van der Waals surface area contributed by atoms with Crippen molar-refractivity contribution in [2.75, 3.05) is 6.61 Å². The first-order chi connectivity index (χ1) is 12.0. The molecule has 1 heterocycles. The molecule has 0 atom stereocenters. The molecule has 126 valence electrons. The van der Waals surface area contributed by atoms with E-state index in [1.54, 1.807) is 31.2 Å². The van der Waals surface area contributed by atoms with Gasteiger partial charge < -0.3 is 4.74 Å². The predicted molar refractivity (Wildman–Crippen MR) is 94.9 cm³/mol. The molecule has 0 radical (unpaired) electrons. The quantitative estimate of drug-likeness (QED) is 0.485. The maximum Gasteiger partial charge on any atom is 0.361 e. The lowest BCUT2D eigenvalue weighted by atomic mass is 10.1. The van der Waals surface area contributed by atoms with Crippen molar-refractivity contribution in [3.63, 3.8) is 0 Å². The Hall–Kier alpha value is -2.80. The van der Waals surface area contributed by atoms with E-state index in [-0.39, 0.29) is 18.1 Å². The van der Waals surface area contributed by atoms with Crippen molar-refractivity contribution in [3.8, 4) is 5.69 Å². The first kappa shape index (κ1) is 17.0. The third-order valence-corrected chi connectivity index (χ3v) is 3.99. The summed E-state index contributed by atoms with van der Waals surface area (Å²) in [6, 6.07) is 16.1. The highest BCUT2D eigenvalue weighted by atomic mass is 79.9. The van der Waals surface area contributed by atoms with Gasteiger partial charge >= 0.3 is 5.97 Å². The zero-order chi connectivity index (χ0) is 17.8. The molecule has 0 amide bonds. The Morgan fingerprint density at radius 2 is 1.72 bits per heavy atom. The Morgan fingerprint density at radius 1 is 1.04 bits per heavy atom. The van der Waals surface area contributed by atoms with Gasteiger partial charge in [-0.25, -0.2) is 4.79 Å². The second kappa shape index (κ2) is 7.40. The predicted octanol–water partition coefficient (Wildman–Crippen LogP) is 3.38. The molecule has 0 aliphatic heterocycles. The van der Waals surface area contributed by atoms with Crippen molar-refractivity contribution in [2.45, 2.75) is 6.92 Å². The van der Waals surface area contributed by atoms with Gasteiger partial charge in [-0.15, -0.1) is 5.10 Å². The minimum atomic E-state index is -0.676. The fraction of sp³-hybridized carbons (Fsp3) is 0.111. The molecule has 3 rings (SSSR count). The number of benzene rings is 2. The molecule has 0 aliphatic carbocycles. The van der Waals surface area contributed by atoms with Gasteiger partial charge in [-0.05, 0) is 31.2 Å². The zero-order valence-electron chi connectivity index (χ0n) is 13.3.